The van der Waals surface area contributed by atoms with Crippen molar-refractivity contribution in [1.82, 2.24) is 0 Å². The molecule has 1 heteroatoms. The van der Waals surface area contributed by atoms with E-state index in [1.807, 2.05) is 45.9 Å². The molecule has 14 heavy (non-hydrogen) atoms. The number of carbonyl (C=O) groups excluding carboxylic acids is 1. The van der Waals surface area contributed by atoms with Crippen molar-refractivity contribution in [3.05, 3.63) is 23.8 Å². The highest BCUT2D eigenvalue weighted by Gasteiger charge is 2.25. The maximum atomic E-state index is 11.4. The molecule has 1 aliphatic carbocycles. The molecule has 1 nitrogen and oxygen atoms in total. The largest absolute Gasteiger partial charge is 0.299 e. The fourth-order valence-electron chi connectivity index (χ4n) is 1.77. The molecule has 0 aromatic carbocycles. The average molecular weight is 194 g/mol. The zero-order valence-electron chi connectivity index (χ0n) is 9.84. The Kier molecular flexibility index (Phi) is 7.09. The zero-order chi connectivity index (χ0) is 11.0. The highest BCUT2D eigenvalue weighted by Crippen LogP contribution is 2.28. The number of hydrogen-bond acceptors (Lipinski definition) is 1. The molecule has 0 radical (unpaired) electrons. The molecule has 1 aliphatic rings. The summed E-state index contributed by atoms with van der Waals surface area (Å²) in [6.07, 6.45) is 8.99. The molecule has 0 aromatic heterocycles. The second-order valence-electron chi connectivity index (χ2n) is 3.20. The van der Waals surface area contributed by atoms with Gasteiger partial charge in [0.25, 0.3) is 0 Å². The van der Waals surface area contributed by atoms with Gasteiger partial charge in [0.1, 0.15) is 5.78 Å². The van der Waals surface area contributed by atoms with Crippen molar-refractivity contribution >= 4 is 5.78 Å². The van der Waals surface area contributed by atoms with Gasteiger partial charge >= 0.3 is 0 Å². The third-order valence-electron chi connectivity index (χ3n) is 2.40. The van der Waals surface area contributed by atoms with Crippen molar-refractivity contribution in [2.45, 2.75) is 47.0 Å². The van der Waals surface area contributed by atoms with Crippen molar-refractivity contribution < 1.29 is 4.79 Å². The number of ketones is 1. The van der Waals surface area contributed by atoms with E-state index in [4.69, 9.17) is 0 Å². The van der Waals surface area contributed by atoms with Crippen LogP contribution in [0.4, 0.5) is 0 Å². The van der Waals surface area contributed by atoms with E-state index in [9.17, 15) is 4.79 Å². The lowest BCUT2D eigenvalue weighted by molar-refractivity contribution is -0.119. The van der Waals surface area contributed by atoms with Gasteiger partial charge < -0.3 is 0 Å². The summed E-state index contributed by atoms with van der Waals surface area (Å²) in [4.78, 5) is 11.4. The highest BCUT2D eigenvalue weighted by molar-refractivity contribution is 5.86. The maximum absolute atomic E-state index is 11.4. The number of hydrogen-bond donors (Lipinski definition) is 0. The maximum Gasteiger partial charge on any atom is 0.140 e. The van der Waals surface area contributed by atoms with Crippen molar-refractivity contribution in [2.75, 3.05) is 0 Å². The van der Waals surface area contributed by atoms with Gasteiger partial charge in [-0.25, -0.2) is 0 Å². The second-order valence-corrected chi connectivity index (χ2v) is 3.20. The first kappa shape index (κ1) is 13.2. The Bertz CT molecular complexity index is 223. The minimum atomic E-state index is 0.200. The summed E-state index contributed by atoms with van der Waals surface area (Å²) < 4.78 is 0. The summed E-state index contributed by atoms with van der Waals surface area (Å²) in [5.74, 6) is 0.618. The van der Waals surface area contributed by atoms with Gasteiger partial charge in [-0.05, 0) is 32.3 Å². The summed E-state index contributed by atoms with van der Waals surface area (Å²) in [6.45, 7) is 7.99. The fourth-order valence-corrected chi connectivity index (χ4v) is 1.77. The Labute approximate surface area is 87.9 Å². The van der Waals surface area contributed by atoms with Crippen LogP contribution in [0.5, 0.6) is 0 Å². The monoisotopic (exact) mass is 194 g/mol. The molecule has 0 saturated heterocycles. The molecule has 1 atom stereocenters. The van der Waals surface area contributed by atoms with Crippen molar-refractivity contribution in [3.63, 3.8) is 0 Å². The molecular weight excluding hydrogens is 172 g/mol. The molecule has 0 N–H and O–H groups in total. The zero-order valence-corrected chi connectivity index (χ0v) is 9.84. The van der Waals surface area contributed by atoms with E-state index in [-0.39, 0.29) is 5.92 Å². The van der Waals surface area contributed by atoms with E-state index in [1.54, 1.807) is 0 Å². The first-order chi connectivity index (χ1) is 6.79. The number of carbonyl (C=O) groups is 1. The van der Waals surface area contributed by atoms with Gasteiger partial charge in [0.05, 0.1) is 0 Å². The first-order valence-electron chi connectivity index (χ1n) is 5.61. The van der Waals surface area contributed by atoms with Gasteiger partial charge in [-0.3, -0.25) is 4.79 Å². The van der Waals surface area contributed by atoms with E-state index in [0.29, 0.717) is 5.78 Å². The topological polar surface area (TPSA) is 17.1 Å². The van der Waals surface area contributed by atoms with Crippen LogP contribution in [0.2, 0.25) is 0 Å². The van der Waals surface area contributed by atoms with E-state index in [2.05, 4.69) is 0 Å². The van der Waals surface area contributed by atoms with Gasteiger partial charge in [0.15, 0.2) is 0 Å². The van der Waals surface area contributed by atoms with Crippen LogP contribution < -0.4 is 0 Å². The van der Waals surface area contributed by atoms with Crippen LogP contribution in [0.15, 0.2) is 23.8 Å². The van der Waals surface area contributed by atoms with Crippen LogP contribution in [0.25, 0.3) is 0 Å². The molecule has 0 spiro atoms. The van der Waals surface area contributed by atoms with Gasteiger partial charge in [-0.2, -0.15) is 0 Å². The minimum Gasteiger partial charge on any atom is -0.299 e. The van der Waals surface area contributed by atoms with Crippen molar-refractivity contribution in [1.29, 1.82) is 0 Å². The van der Waals surface area contributed by atoms with Crippen LogP contribution in [0.1, 0.15) is 47.0 Å². The molecule has 0 aromatic rings. The molecule has 0 bridgehead atoms. The molecule has 1 fully saturated rings. The first-order valence-corrected chi connectivity index (χ1v) is 5.61. The lowest BCUT2D eigenvalue weighted by Crippen LogP contribution is -2.07. The molecular formula is C13H22O. The molecule has 80 valence electrons. The molecule has 0 heterocycles. The van der Waals surface area contributed by atoms with E-state index < -0.39 is 0 Å². The van der Waals surface area contributed by atoms with Crippen LogP contribution in [0, 0.1) is 5.92 Å². The van der Waals surface area contributed by atoms with Crippen LogP contribution >= 0.6 is 0 Å². The number of Topliss-reactive ketones (excluding diaryl/α,β-unsaturated/α-hetero) is 1. The fraction of sp³-hybridized carbons (Fsp3) is 0.615. The summed E-state index contributed by atoms with van der Waals surface area (Å²) in [7, 11) is 0. The Morgan fingerprint density at radius 1 is 1.36 bits per heavy atom. The second kappa shape index (κ2) is 7.54. The predicted octanol–water partition coefficient (Wildman–Crippen LogP) is 3.90. The summed E-state index contributed by atoms with van der Waals surface area (Å²) in [6, 6.07) is 0. The van der Waals surface area contributed by atoms with Gasteiger partial charge in [0.2, 0.25) is 0 Å². The summed E-state index contributed by atoms with van der Waals surface area (Å²) >= 11 is 0. The van der Waals surface area contributed by atoms with Crippen LogP contribution in [-0.4, -0.2) is 5.78 Å². The Hall–Kier alpha value is -0.850. The Morgan fingerprint density at radius 3 is 2.36 bits per heavy atom. The van der Waals surface area contributed by atoms with Gasteiger partial charge in [0, 0.05) is 12.3 Å². The third kappa shape index (κ3) is 3.49. The van der Waals surface area contributed by atoms with Crippen LogP contribution in [-0.2, 0) is 4.79 Å². The van der Waals surface area contributed by atoms with E-state index in [1.165, 1.54) is 5.57 Å². The third-order valence-corrected chi connectivity index (χ3v) is 2.40. The smallest absolute Gasteiger partial charge is 0.140 e. The molecule has 1 rings (SSSR count). The quantitative estimate of drug-likeness (QED) is 0.609. The lowest BCUT2D eigenvalue weighted by atomic mass is 9.96. The molecule has 1 saturated carbocycles. The Balaban J connectivity index is 0.000000791. The van der Waals surface area contributed by atoms with Crippen LogP contribution in [0.3, 0.4) is 0 Å². The van der Waals surface area contributed by atoms with Gasteiger partial charge in [-0.15, -0.1) is 0 Å². The summed E-state index contributed by atoms with van der Waals surface area (Å²) in [5.41, 5.74) is 1.19. The molecule has 0 aliphatic heterocycles. The molecule has 0 amide bonds. The lowest BCUT2D eigenvalue weighted by Gasteiger charge is -2.07. The van der Waals surface area contributed by atoms with Crippen molar-refractivity contribution in [3.8, 4) is 0 Å². The average Bonchev–Trinajstić information content (AvgIpc) is 2.64. The van der Waals surface area contributed by atoms with Crippen molar-refractivity contribution in [2.24, 2.45) is 5.92 Å². The normalized spacial score (nSPS) is 22.4. The van der Waals surface area contributed by atoms with Gasteiger partial charge in [-0.1, -0.05) is 32.1 Å². The predicted molar refractivity (Wildman–Crippen MR) is 62.3 cm³/mol. The number of rotatable bonds is 2. The standard InChI is InChI=1S/C11H16O.C2H6/c1-3-6-9(4-2)10-7-5-8-11(10)12;1-2/h3-4,6,10H,5,7-8H2,1-2H3;1-2H3/b6-3-,9-4+;. The van der Waals surface area contributed by atoms with E-state index >= 15 is 0 Å². The minimum absolute atomic E-state index is 0.200. The number of allylic oxidation sites excluding steroid dienone is 4. The Morgan fingerprint density at radius 2 is 2.00 bits per heavy atom. The van der Waals surface area contributed by atoms with E-state index in [0.717, 1.165) is 19.3 Å². The SMILES string of the molecule is C/C=C\C(=C/C)C1CCCC1=O.CC. The molecule has 1 unspecified atom stereocenters. The summed E-state index contributed by atoms with van der Waals surface area (Å²) in [5, 5.41) is 0. The highest BCUT2D eigenvalue weighted by atomic mass is 16.1.